The van der Waals surface area contributed by atoms with Gasteiger partial charge in [-0.05, 0) is 36.4 Å². The molecule has 0 unspecified atom stereocenters. The van der Waals surface area contributed by atoms with Gasteiger partial charge in [-0.1, -0.05) is 35.3 Å². The number of para-hydroxylation sites is 1. The molecule has 0 N–H and O–H groups in total. The van der Waals surface area contributed by atoms with E-state index >= 15 is 0 Å². The number of benzene rings is 2. The standard InChI is InChI=1S/C16H12Cl2O4/c17-12-7-5-11(6-8-12)14(19)9-22-16(20)10-21-15-4-2-1-3-13(15)18/h1-8H,9-10H2. The Hall–Kier alpha value is -2.04. The Labute approximate surface area is 137 Å². The van der Waals surface area contributed by atoms with Crippen molar-refractivity contribution in [3.05, 3.63) is 64.1 Å². The fourth-order valence-corrected chi connectivity index (χ4v) is 1.92. The van der Waals surface area contributed by atoms with E-state index in [1.54, 1.807) is 48.5 Å². The summed E-state index contributed by atoms with van der Waals surface area (Å²) in [5, 5.41) is 0.925. The molecule has 2 aromatic carbocycles. The Kier molecular flexibility index (Phi) is 5.81. The number of Topliss-reactive ketones (excluding diaryl/α,β-unsaturated/α-hetero) is 1. The quantitative estimate of drug-likeness (QED) is 0.593. The van der Waals surface area contributed by atoms with Crippen molar-refractivity contribution in [3.8, 4) is 5.75 Å². The second kappa shape index (κ2) is 7.82. The number of rotatable bonds is 6. The first kappa shape index (κ1) is 16.3. The molecule has 0 spiro atoms. The van der Waals surface area contributed by atoms with E-state index in [1.165, 1.54) is 0 Å². The fraction of sp³-hybridized carbons (Fsp3) is 0.125. The van der Waals surface area contributed by atoms with Crippen LogP contribution in [-0.2, 0) is 9.53 Å². The summed E-state index contributed by atoms with van der Waals surface area (Å²) in [6.07, 6.45) is 0. The number of carbonyl (C=O) groups is 2. The van der Waals surface area contributed by atoms with Gasteiger partial charge in [-0.25, -0.2) is 4.79 Å². The molecule has 0 bridgehead atoms. The first-order valence-corrected chi connectivity index (χ1v) is 7.13. The number of esters is 1. The van der Waals surface area contributed by atoms with Crippen molar-refractivity contribution in [1.29, 1.82) is 0 Å². The van der Waals surface area contributed by atoms with E-state index in [0.29, 0.717) is 21.4 Å². The van der Waals surface area contributed by atoms with Crippen LogP contribution in [0.25, 0.3) is 0 Å². The maximum absolute atomic E-state index is 11.8. The highest BCUT2D eigenvalue weighted by Gasteiger charge is 2.11. The van der Waals surface area contributed by atoms with Crippen LogP contribution in [0.15, 0.2) is 48.5 Å². The van der Waals surface area contributed by atoms with E-state index in [-0.39, 0.29) is 19.0 Å². The molecule has 0 aliphatic heterocycles. The van der Waals surface area contributed by atoms with E-state index < -0.39 is 5.97 Å². The summed E-state index contributed by atoms with van der Waals surface area (Å²) >= 11 is 11.6. The minimum absolute atomic E-state index is 0.317. The summed E-state index contributed by atoms with van der Waals surface area (Å²) in [6, 6.07) is 13.1. The molecule has 0 fully saturated rings. The molecule has 0 saturated carbocycles. The van der Waals surface area contributed by atoms with Gasteiger partial charge in [0.1, 0.15) is 5.75 Å². The van der Waals surface area contributed by atoms with Crippen LogP contribution in [0.2, 0.25) is 10.0 Å². The molecule has 114 valence electrons. The lowest BCUT2D eigenvalue weighted by atomic mass is 10.1. The zero-order chi connectivity index (χ0) is 15.9. The number of hydrogen-bond donors (Lipinski definition) is 0. The highest BCUT2D eigenvalue weighted by Crippen LogP contribution is 2.22. The molecule has 2 rings (SSSR count). The Morgan fingerprint density at radius 3 is 2.27 bits per heavy atom. The zero-order valence-electron chi connectivity index (χ0n) is 11.4. The molecule has 4 nitrogen and oxygen atoms in total. The molecular formula is C16H12Cl2O4. The Morgan fingerprint density at radius 2 is 1.59 bits per heavy atom. The summed E-state index contributed by atoms with van der Waals surface area (Å²) in [5.74, 6) is -0.588. The van der Waals surface area contributed by atoms with Crippen LogP contribution in [0.4, 0.5) is 0 Å². The minimum atomic E-state index is -0.651. The second-order valence-electron chi connectivity index (χ2n) is 4.31. The SMILES string of the molecule is O=C(COc1ccccc1Cl)OCC(=O)c1ccc(Cl)cc1. The van der Waals surface area contributed by atoms with E-state index in [1.807, 2.05) is 0 Å². The predicted octanol–water partition coefficient (Wildman–Crippen LogP) is 3.80. The number of ether oxygens (including phenoxy) is 2. The average Bonchev–Trinajstić information content (AvgIpc) is 2.52. The fourth-order valence-electron chi connectivity index (χ4n) is 1.61. The van der Waals surface area contributed by atoms with Crippen molar-refractivity contribution in [1.82, 2.24) is 0 Å². The molecule has 0 heterocycles. The largest absolute Gasteiger partial charge is 0.480 e. The van der Waals surface area contributed by atoms with E-state index in [0.717, 1.165) is 0 Å². The number of ketones is 1. The second-order valence-corrected chi connectivity index (χ2v) is 5.15. The van der Waals surface area contributed by atoms with Gasteiger partial charge >= 0.3 is 5.97 Å². The molecule has 0 radical (unpaired) electrons. The maximum Gasteiger partial charge on any atom is 0.344 e. The van der Waals surface area contributed by atoms with Gasteiger partial charge in [0.25, 0.3) is 0 Å². The lowest BCUT2D eigenvalue weighted by molar-refractivity contribution is -0.144. The van der Waals surface area contributed by atoms with Crippen molar-refractivity contribution >= 4 is 35.0 Å². The van der Waals surface area contributed by atoms with Crippen LogP contribution in [0.1, 0.15) is 10.4 Å². The summed E-state index contributed by atoms with van der Waals surface area (Å²) < 4.78 is 10.1. The van der Waals surface area contributed by atoms with Crippen LogP contribution in [-0.4, -0.2) is 25.0 Å². The summed E-state index contributed by atoms with van der Waals surface area (Å²) in [7, 11) is 0. The molecule has 6 heteroatoms. The average molecular weight is 339 g/mol. The van der Waals surface area contributed by atoms with Crippen molar-refractivity contribution < 1.29 is 19.1 Å². The maximum atomic E-state index is 11.8. The van der Waals surface area contributed by atoms with Gasteiger partial charge in [-0.15, -0.1) is 0 Å². The molecule has 0 aromatic heterocycles. The molecule has 0 saturated heterocycles. The number of halogens is 2. The van der Waals surface area contributed by atoms with Gasteiger partial charge in [0, 0.05) is 10.6 Å². The van der Waals surface area contributed by atoms with Crippen LogP contribution in [0.5, 0.6) is 5.75 Å². The number of hydrogen-bond acceptors (Lipinski definition) is 4. The monoisotopic (exact) mass is 338 g/mol. The van der Waals surface area contributed by atoms with Crippen LogP contribution in [0, 0.1) is 0 Å². The first-order chi connectivity index (χ1) is 10.6. The van der Waals surface area contributed by atoms with Crippen molar-refractivity contribution in [2.75, 3.05) is 13.2 Å². The van der Waals surface area contributed by atoms with Crippen LogP contribution in [0.3, 0.4) is 0 Å². The lowest BCUT2D eigenvalue weighted by Gasteiger charge is -2.08. The molecule has 22 heavy (non-hydrogen) atoms. The van der Waals surface area contributed by atoms with E-state index in [9.17, 15) is 9.59 Å². The smallest absolute Gasteiger partial charge is 0.344 e. The summed E-state index contributed by atoms with van der Waals surface area (Å²) in [6.45, 7) is -0.677. The van der Waals surface area contributed by atoms with Crippen molar-refractivity contribution in [2.45, 2.75) is 0 Å². The molecule has 0 aliphatic carbocycles. The van der Waals surface area contributed by atoms with Gasteiger partial charge in [0.05, 0.1) is 5.02 Å². The van der Waals surface area contributed by atoms with Crippen molar-refractivity contribution in [3.63, 3.8) is 0 Å². The van der Waals surface area contributed by atoms with E-state index in [4.69, 9.17) is 32.7 Å². The van der Waals surface area contributed by atoms with Crippen LogP contribution >= 0.6 is 23.2 Å². The molecule has 0 aliphatic rings. The summed E-state index contributed by atoms with van der Waals surface area (Å²) in [5.41, 5.74) is 0.421. The van der Waals surface area contributed by atoms with Gasteiger partial charge < -0.3 is 9.47 Å². The molecule has 2 aromatic rings. The molecule has 0 atom stereocenters. The third kappa shape index (κ3) is 4.76. The summed E-state index contributed by atoms with van der Waals surface area (Å²) in [4.78, 5) is 23.4. The van der Waals surface area contributed by atoms with Gasteiger partial charge in [-0.3, -0.25) is 4.79 Å². The van der Waals surface area contributed by atoms with Crippen LogP contribution < -0.4 is 4.74 Å². The Morgan fingerprint density at radius 1 is 0.909 bits per heavy atom. The lowest BCUT2D eigenvalue weighted by Crippen LogP contribution is -2.19. The van der Waals surface area contributed by atoms with E-state index in [2.05, 4.69) is 0 Å². The third-order valence-electron chi connectivity index (χ3n) is 2.71. The topological polar surface area (TPSA) is 52.6 Å². The Bertz CT molecular complexity index is 668. The van der Waals surface area contributed by atoms with Gasteiger partial charge in [0.2, 0.25) is 0 Å². The number of carbonyl (C=O) groups excluding carboxylic acids is 2. The van der Waals surface area contributed by atoms with Gasteiger partial charge in [-0.2, -0.15) is 0 Å². The zero-order valence-corrected chi connectivity index (χ0v) is 12.9. The molecular weight excluding hydrogens is 327 g/mol. The van der Waals surface area contributed by atoms with Gasteiger partial charge in [0.15, 0.2) is 19.0 Å². The highest BCUT2D eigenvalue weighted by atomic mass is 35.5. The molecule has 0 amide bonds. The predicted molar refractivity (Wildman–Crippen MR) is 83.7 cm³/mol. The third-order valence-corrected chi connectivity index (χ3v) is 3.28. The minimum Gasteiger partial charge on any atom is -0.480 e. The highest BCUT2D eigenvalue weighted by molar-refractivity contribution is 6.32. The Balaban J connectivity index is 1.79. The van der Waals surface area contributed by atoms with Crippen molar-refractivity contribution in [2.24, 2.45) is 0 Å². The first-order valence-electron chi connectivity index (χ1n) is 6.38. The normalized spacial score (nSPS) is 10.1.